The molecule has 0 atom stereocenters. The second-order valence-electron chi connectivity index (χ2n) is 4.89. The maximum Gasteiger partial charge on any atom is 0.257 e. The highest BCUT2D eigenvalue weighted by atomic mass is 16.3. The average Bonchev–Trinajstić information content (AvgIpc) is 2.48. The van der Waals surface area contributed by atoms with Crippen LogP contribution in [0, 0.1) is 13.8 Å². The highest BCUT2D eigenvalue weighted by Gasteiger charge is 2.17. The number of phenols is 1. The van der Waals surface area contributed by atoms with Crippen LogP contribution in [0.25, 0.3) is 0 Å². The van der Waals surface area contributed by atoms with Crippen molar-refractivity contribution in [2.45, 2.75) is 13.8 Å². The van der Waals surface area contributed by atoms with Crippen molar-refractivity contribution < 1.29 is 14.7 Å². The highest BCUT2D eigenvalue weighted by Crippen LogP contribution is 2.23. The molecule has 0 bridgehead atoms. The van der Waals surface area contributed by atoms with Gasteiger partial charge in [0.2, 0.25) is 0 Å². The number of aromatic hydroxyl groups is 1. The number of phenolic OH excluding ortho intramolecular Hbond substituents is 1. The topological polar surface area (TPSA) is 91.3 Å². The summed E-state index contributed by atoms with van der Waals surface area (Å²) in [6.07, 6.45) is 1.59. The second kappa shape index (κ2) is 6.26. The molecule has 1 aromatic carbocycles. The Balaban J connectivity index is 2.37. The molecular formula is C16H17N3O3. The Morgan fingerprint density at radius 1 is 1.09 bits per heavy atom. The molecule has 3 N–H and O–H groups in total. The molecule has 114 valence electrons. The smallest absolute Gasteiger partial charge is 0.257 e. The fourth-order valence-corrected chi connectivity index (χ4v) is 2.05. The average molecular weight is 299 g/mol. The van der Waals surface area contributed by atoms with E-state index in [4.69, 9.17) is 0 Å². The molecule has 0 aliphatic carbocycles. The largest absolute Gasteiger partial charge is 0.507 e. The number of hydrogen-bond donors (Lipinski definition) is 3. The summed E-state index contributed by atoms with van der Waals surface area (Å²) in [4.78, 5) is 28.2. The minimum absolute atomic E-state index is 0.0518. The molecule has 0 spiro atoms. The first-order chi connectivity index (χ1) is 10.4. The van der Waals surface area contributed by atoms with Crippen molar-refractivity contribution in [1.29, 1.82) is 0 Å². The SMILES string of the molecule is CNC(=O)c1cc(C(=O)Nc2ncccc2C)c(C)cc1O. The molecule has 6 nitrogen and oxygen atoms in total. The van der Waals surface area contributed by atoms with Gasteiger partial charge < -0.3 is 15.7 Å². The predicted molar refractivity (Wildman–Crippen MR) is 83.2 cm³/mol. The number of nitrogens with one attached hydrogen (secondary N) is 2. The summed E-state index contributed by atoms with van der Waals surface area (Å²) in [6, 6.07) is 6.38. The normalized spacial score (nSPS) is 10.1. The zero-order valence-electron chi connectivity index (χ0n) is 12.6. The summed E-state index contributed by atoms with van der Waals surface area (Å²) in [5.41, 5.74) is 1.76. The summed E-state index contributed by atoms with van der Waals surface area (Å²) in [5, 5.41) is 15.0. The van der Waals surface area contributed by atoms with Crippen molar-refractivity contribution in [2.75, 3.05) is 12.4 Å². The van der Waals surface area contributed by atoms with Crippen LogP contribution in [0.4, 0.5) is 5.82 Å². The number of aromatic nitrogens is 1. The monoisotopic (exact) mass is 299 g/mol. The number of anilines is 1. The van der Waals surface area contributed by atoms with Crippen molar-refractivity contribution in [3.63, 3.8) is 0 Å². The van der Waals surface area contributed by atoms with Gasteiger partial charge in [-0.3, -0.25) is 9.59 Å². The Bertz CT molecular complexity index is 741. The van der Waals surface area contributed by atoms with Gasteiger partial charge in [-0.05, 0) is 43.2 Å². The molecule has 0 fully saturated rings. The van der Waals surface area contributed by atoms with E-state index in [2.05, 4.69) is 15.6 Å². The molecule has 0 saturated heterocycles. The lowest BCUT2D eigenvalue weighted by Gasteiger charge is -2.11. The Hall–Kier alpha value is -2.89. The van der Waals surface area contributed by atoms with Gasteiger partial charge in [-0.25, -0.2) is 4.98 Å². The van der Waals surface area contributed by atoms with Crippen molar-refractivity contribution in [1.82, 2.24) is 10.3 Å². The van der Waals surface area contributed by atoms with Crippen LogP contribution < -0.4 is 10.6 Å². The number of benzene rings is 1. The molecular weight excluding hydrogens is 282 g/mol. The molecule has 0 aliphatic rings. The predicted octanol–water partition coefficient (Wildman–Crippen LogP) is 2.02. The second-order valence-corrected chi connectivity index (χ2v) is 4.89. The molecule has 2 amide bonds. The lowest BCUT2D eigenvalue weighted by Crippen LogP contribution is -2.20. The zero-order valence-corrected chi connectivity index (χ0v) is 12.6. The van der Waals surface area contributed by atoms with Crippen molar-refractivity contribution in [2.24, 2.45) is 0 Å². The molecule has 22 heavy (non-hydrogen) atoms. The van der Waals surface area contributed by atoms with Crippen LogP contribution in [0.2, 0.25) is 0 Å². The summed E-state index contributed by atoms with van der Waals surface area (Å²) >= 11 is 0. The molecule has 1 aromatic heterocycles. The van der Waals surface area contributed by atoms with Crippen LogP contribution in [-0.2, 0) is 0 Å². The van der Waals surface area contributed by atoms with Crippen LogP contribution >= 0.6 is 0 Å². The van der Waals surface area contributed by atoms with Crippen LogP contribution in [-0.4, -0.2) is 29.0 Å². The van der Waals surface area contributed by atoms with E-state index in [-0.39, 0.29) is 17.2 Å². The molecule has 6 heteroatoms. The summed E-state index contributed by atoms with van der Waals surface area (Å²) in [7, 11) is 1.46. The Labute approximate surface area is 128 Å². The number of hydrogen-bond acceptors (Lipinski definition) is 4. The molecule has 0 aliphatic heterocycles. The van der Waals surface area contributed by atoms with Gasteiger partial charge in [-0.1, -0.05) is 6.07 Å². The lowest BCUT2D eigenvalue weighted by molar-refractivity contribution is 0.0960. The lowest BCUT2D eigenvalue weighted by atomic mass is 10.0. The summed E-state index contributed by atoms with van der Waals surface area (Å²) in [5.74, 6) is -0.547. The Morgan fingerprint density at radius 3 is 2.45 bits per heavy atom. The van der Waals surface area contributed by atoms with Crippen LogP contribution in [0.5, 0.6) is 5.75 Å². The van der Waals surface area contributed by atoms with E-state index in [0.29, 0.717) is 16.9 Å². The first kappa shape index (κ1) is 15.5. The highest BCUT2D eigenvalue weighted by molar-refractivity contribution is 6.07. The molecule has 0 radical (unpaired) electrons. The van der Waals surface area contributed by atoms with Crippen LogP contribution in [0.15, 0.2) is 30.5 Å². The molecule has 0 saturated carbocycles. The third-order valence-electron chi connectivity index (χ3n) is 3.30. The summed E-state index contributed by atoms with van der Waals surface area (Å²) < 4.78 is 0. The van der Waals surface area contributed by atoms with E-state index in [1.807, 2.05) is 13.0 Å². The number of carbonyl (C=O) groups excluding carboxylic acids is 2. The van der Waals surface area contributed by atoms with Gasteiger partial charge in [0.1, 0.15) is 11.6 Å². The van der Waals surface area contributed by atoms with Gasteiger partial charge in [0, 0.05) is 18.8 Å². The first-order valence-electron chi connectivity index (χ1n) is 6.72. The van der Waals surface area contributed by atoms with Gasteiger partial charge >= 0.3 is 0 Å². The fraction of sp³-hybridized carbons (Fsp3) is 0.188. The molecule has 1 heterocycles. The third-order valence-corrected chi connectivity index (χ3v) is 3.30. The van der Waals surface area contributed by atoms with Gasteiger partial charge in [0.05, 0.1) is 5.56 Å². The first-order valence-corrected chi connectivity index (χ1v) is 6.72. The van der Waals surface area contributed by atoms with Gasteiger partial charge in [-0.15, -0.1) is 0 Å². The van der Waals surface area contributed by atoms with E-state index in [1.54, 1.807) is 19.2 Å². The number of pyridine rings is 1. The number of carbonyl (C=O) groups is 2. The maximum absolute atomic E-state index is 12.4. The Morgan fingerprint density at radius 2 is 1.82 bits per heavy atom. The number of rotatable bonds is 3. The minimum Gasteiger partial charge on any atom is -0.507 e. The van der Waals surface area contributed by atoms with Crippen molar-refractivity contribution in [3.8, 4) is 5.75 Å². The van der Waals surface area contributed by atoms with E-state index in [0.717, 1.165) is 5.56 Å². The maximum atomic E-state index is 12.4. The number of amides is 2. The minimum atomic E-state index is -0.458. The van der Waals surface area contributed by atoms with Crippen LogP contribution in [0.3, 0.4) is 0 Å². The van der Waals surface area contributed by atoms with Gasteiger partial charge in [0.25, 0.3) is 11.8 Å². The van der Waals surface area contributed by atoms with E-state index in [9.17, 15) is 14.7 Å². The van der Waals surface area contributed by atoms with Crippen molar-refractivity contribution in [3.05, 3.63) is 52.7 Å². The standard InChI is InChI=1S/C16H17N3O3/c1-9-5-4-6-18-14(9)19-16(22)11-8-12(15(21)17-3)13(20)7-10(11)2/h4-8,20H,1-3H3,(H,17,21)(H,18,19,22). The van der Waals surface area contributed by atoms with E-state index >= 15 is 0 Å². The van der Waals surface area contributed by atoms with E-state index in [1.165, 1.54) is 19.2 Å². The quantitative estimate of drug-likeness (QED) is 0.808. The Kier molecular flexibility index (Phi) is 4.41. The fourth-order valence-electron chi connectivity index (χ4n) is 2.05. The number of nitrogens with zero attached hydrogens (tertiary/aromatic N) is 1. The van der Waals surface area contributed by atoms with Gasteiger partial charge in [0.15, 0.2) is 0 Å². The van der Waals surface area contributed by atoms with E-state index < -0.39 is 5.91 Å². The molecule has 0 unspecified atom stereocenters. The summed E-state index contributed by atoms with van der Waals surface area (Å²) in [6.45, 7) is 3.52. The zero-order chi connectivity index (χ0) is 16.3. The van der Waals surface area contributed by atoms with Crippen LogP contribution in [0.1, 0.15) is 31.8 Å². The number of aryl methyl sites for hydroxylation is 2. The molecule has 2 rings (SSSR count). The molecule has 2 aromatic rings. The van der Waals surface area contributed by atoms with Gasteiger partial charge in [-0.2, -0.15) is 0 Å². The van der Waals surface area contributed by atoms with Crippen molar-refractivity contribution >= 4 is 17.6 Å². The third kappa shape index (κ3) is 3.06.